The predicted molar refractivity (Wildman–Crippen MR) is 112 cm³/mol. The van der Waals surface area contributed by atoms with Gasteiger partial charge >= 0.3 is 0 Å². The molecule has 0 aromatic carbocycles. The molecular weight excluding hydrogens is 352 g/mol. The molecule has 0 saturated heterocycles. The van der Waals surface area contributed by atoms with Gasteiger partial charge in [0.25, 0.3) is 0 Å². The highest BCUT2D eigenvalue weighted by molar-refractivity contribution is 5.79. The maximum atomic E-state index is 5.68. The first-order valence-corrected chi connectivity index (χ1v) is 10.2. The maximum absolute atomic E-state index is 5.68. The second-order valence-electron chi connectivity index (χ2n) is 7.38. The molecule has 3 rings (SSSR count). The average Bonchev–Trinajstić information content (AvgIpc) is 3.46. The van der Waals surface area contributed by atoms with Gasteiger partial charge in [0.1, 0.15) is 0 Å². The topological polar surface area (TPSA) is 76.4 Å². The van der Waals surface area contributed by atoms with Crippen LogP contribution in [0.2, 0.25) is 0 Å². The van der Waals surface area contributed by atoms with Crippen molar-refractivity contribution in [3.05, 3.63) is 41.3 Å². The van der Waals surface area contributed by atoms with Gasteiger partial charge < -0.3 is 15.4 Å². The van der Waals surface area contributed by atoms with Gasteiger partial charge in [-0.05, 0) is 57.6 Å². The fourth-order valence-electron chi connectivity index (χ4n) is 2.93. The quantitative estimate of drug-likeness (QED) is 0.374. The molecule has 1 saturated carbocycles. The van der Waals surface area contributed by atoms with E-state index < -0.39 is 0 Å². The molecule has 0 atom stereocenters. The number of aromatic nitrogens is 3. The lowest BCUT2D eigenvalue weighted by Crippen LogP contribution is -2.38. The number of nitrogens with one attached hydrogen (secondary N) is 2. The molecular formula is C21H32N6O. The third kappa shape index (κ3) is 6.55. The summed E-state index contributed by atoms with van der Waals surface area (Å²) < 4.78 is 7.74. The third-order valence-electron chi connectivity index (χ3n) is 4.67. The minimum atomic E-state index is 0.586. The van der Waals surface area contributed by atoms with Crippen LogP contribution in [0.4, 0.5) is 0 Å². The smallest absolute Gasteiger partial charge is 0.213 e. The average molecular weight is 385 g/mol. The molecule has 0 aliphatic heterocycles. The fourth-order valence-corrected chi connectivity index (χ4v) is 2.93. The highest BCUT2D eigenvalue weighted by atomic mass is 16.5. The van der Waals surface area contributed by atoms with Gasteiger partial charge in [-0.1, -0.05) is 6.07 Å². The van der Waals surface area contributed by atoms with Gasteiger partial charge in [0.2, 0.25) is 5.88 Å². The summed E-state index contributed by atoms with van der Waals surface area (Å²) in [4.78, 5) is 9.03. The molecule has 2 heterocycles. The van der Waals surface area contributed by atoms with E-state index in [9.17, 15) is 0 Å². The first kappa shape index (κ1) is 20.2. The monoisotopic (exact) mass is 384 g/mol. The Hall–Kier alpha value is -2.57. The fraction of sp³-hybridized carbons (Fsp3) is 0.571. The van der Waals surface area contributed by atoms with E-state index in [0.717, 1.165) is 55.8 Å². The van der Waals surface area contributed by atoms with Crippen LogP contribution < -0.4 is 15.4 Å². The van der Waals surface area contributed by atoms with Crippen molar-refractivity contribution in [2.45, 2.75) is 53.1 Å². The van der Waals surface area contributed by atoms with Gasteiger partial charge in [-0.25, -0.2) is 9.98 Å². The van der Waals surface area contributed by atoms with E-state index in [1.54, 1.807) is 0 Å². The summed E-state index contributed by atoms with van der Waals surface area (Å²) in [5.41, 5.74) is 3.34. The second-order valence-corrected chi connectivity index (χ2v) is 7.38. The number of nitrogens with zero attached hydrogens (tertiary/aromatic N) is 4. The van der Waals surface area contributed by atoms with E-state index in [4.69, 9.17) is 4.74 Å². The molecule has 0 amide bonds. The number of rotatable bonds is 10. The van der Waals surface area contributed by atoms with Crippen molar-refractivity contribution in [1.82, 2.24) is 25.4 Å². The zero-order valence-electron chi connectivity index (χ0n) is 17.2. The molecule has 0 radical (unpaired) electrons. The Balaban J connectivity index is 1.42. The van der Waals surface area contributed by atoms with E-state index in [1.807, 2.05) is 25.3 Å². The normalized spacial score (nSPS) is 14.2. The Labute approximate surface area is 167 Å². The van der Waals surface area contributed by atoms with Crippen molar-refractivity contribution in [3.63, 3.8) is 0 Å². The Kier molecular flexibility index (Phi) is 7.28. The van der Waals surface area contributed by atoms with E-state index >= 15 is 0 Å². The van der Waals surface area contributed by atoms with Crippen molar-refractivity contribution in [1.29, 1.82) is 0 Å². The summed E-state index contributed by atoms with van der Waals surface area (Å²) in [6.45, 7) is 10.1. The molecule has 7 nitrogen and oxygen atoms in total. The summed E-state index contributed by atoms with van der Waals surface area (Å²) in [5, 5.41) is 11.2. The van der Waals surface area contributed by atoms with Crippen LogP contribution >= 0.6 is 0 Å². The lowest BCUT2D eigenvalue weighted by atomic mass is 10.3. The first-order chi connectivity index (χ1) is 13.6. The summed E-state index contributed by atoms with van der Waals surface area (Å²) in [6, 6.07) is 6.07. The number of aryl methyl sites for hydroxylation is 3. The van der Waals surface area contributed by atoms with Crippen LogP contribution in [0.5, 0.6) is 5.88 Å². The van der Waals surface area contributed by atoms with Crippen molar-refractivity contribution < 1.29 is 4.74 Å². The van der Waals surface area contributed by atoms with Crippen LogP contribution in [0.3, 0.4) is 0 Å². The van der Waals surface area contributed by atoms with Crippen molar-refractivity contribution in [3.8, 4) is 5.88 Å². The van der Waals surface area contributed by atoms with Crippen LogP contribution in [-0.2, 0) is 13.1 Å². The molecule has 0 unspecified atom stereocenters. The van der Waals surface area contributed by atoms with Gasteiger partial charge in [-0.2, -0.15) is 5.10 Å². The standard InChI is InChI=1S/C21H32N6O/c1-4-22-21(23-10-5-11-27-17(3)12-16(2)26-27)25-14-19-8-9-20(24-13-19)28-15-18-6-7-18/h8-9,12-13,18H,4-7,10-11,14-15H2,1-3H3,(H2,22,23,25). The SMILES string of the molecule is CCNC(=NCc1ccc(OCC2CC2)nc1)NCCCn1nc(C)cc1C. The van der Waals surface area contributed by atoms with Crippen LogP contribution in [-0.4, -0.2) is 40.4 Å². The van der Waals surface area contributed by atoms with E-state index in [0.29, 0.717) is 12.4 Å². The highest BCUT2D eigenvalue weighted by Crippen LogP contribution is 2.29. The van der Waals surface area contributed by atoms with E-state index in [2.05, 4.69) is 50.3 Å². The minimum absolute atomic E-state index is 0.586. The molecule has 28 heavy (non-hydrogen) atoms. The Morgan fingerprint density at radius 2 is 2.14 bits per heavy atom. The molecule has 152 valence electrons. The first-order valence-electron chi connectivity index (χ1n) is 10.2. The molecule has 2 N–H and O–H groups in total. The van der Waals surface area contributed by atoms with Crippen molar-refractivity contribution in [2.75, 3.05) is 19.7 Å². The molecule has 7 heteroatoms. The number of guanidine groups is 1. The molecule has 0 spiro atoms. The van der Waals surface area contributed by atoms with Crippen LogP contribution in [0.25, 0.3) is 0 Å². The molecule has 2 aromatic heterocycles. The number of pyridine rings is 1. The Morgan fingerprint density at radius 1 is 1.29 bits per heavy atom. The lowest BCUT2D eigenvalue weighted by molar-refractivity contribution is 0.288. The van der Waals surface area contributed by atoms with Crippen molar-refractivity contribution in [2.24, 2.45) is 10.9 Å². The maximum Gasteiger partial charge on any atom is 0.213 e. The number of ether oxygens (including phenoxy) is 1. The Bertz CT molecular complexity index is 764. The summed E-state index contributed by atoms with van der Waals surface area (Å²) >= 11 is 0. The van der Waals surface area contributed by atoms with Crippen molar-refractivity contribution >= 4 is 5.96 Å². The minimum Gasteiger partial charge on any atom is -0.477 e. The molecule has 1 aliphatic rings. The van der Waals surface area contributed by atoms with Gasteiger partial charge in [-0.3, -0.25) is 4.68 Å². The number of hydrogen-bond acceptors (Lipinski definition) is 4. The predicted octanol–water partition coefficient (Wildman–Crippen LogP) is 2.83. The van der Waals surface area contributed by atoms with Crippen LogP contribution in [0.1, 0.15) is 43.1 Å². The summed E-state index contributed by atoms with van der Waals surface area (Å²) in [5.74, 6) is 2.26. The third-order valence-corrected chi connectivity index (χ3v) is 4.67. The number of aliphatic imine (C=N–C) groups is 1. The number of hydrogen-bond donors (Lipinski definition) is 2. The van der Waals surface area contributed by atoms with E-state index in [-0.39, 0.29) is 0 Å². The Morgan fingerprint density at radius 3 is 2.79 bits per heavy atom. The lowest BCUT2D eigenvalue weighted by Gasteiger charge is -2.12. The summed E-state index contributed by atoms with van der Waals surface area (Å²) in [7, 11) is 0. The van der Waals surface area contributed by atoms with Gasteiger partial charge in [-0.15, -0.1) is 0 Å². The molecule has 1 aliphatic carbocycles. The zero-order valence-corrected chi connectivity index (χ0v) is 17.2. The molecule has 1 fully saturated rings. The van der Waals surface area contributed by atoms with Gasteiger partial charge in [0, 0.05) is 37.6 Å². The molecule has 2 aromatic rings. The summed E-state index contributed by atoms with van der Waals surface area (Å²) in [6.07, 6.45) is 5.40. The second kappa shape index (κ2) is 10.1. The zero-order chi connectivity index (χ0) is 19.8. The highest BCUT2D eigenvalue weighted by Gasteiger charge is 2.22. The van der Waals surface area contributed by atoms with Gasteiger partial charge in [0.15, 0.2) is 5.96 Å². The molecule has 0 bridgehead atoms. The van der Waals surface area contributed by atoms with Crippen LogP contribution in [0, 0.1) is 19.8 Å². The largest absolute Gasteiger partial charge is 0.477 e. The van der Waals surface area contributed by atoms with Gasteiger partial charge in [0.05, 0.1) is 18.8 Å². The van der Waals surface area contributed by atoms with E-state index in [1.165, 1.54) is 18.5 Å². The van der Waals surface area contributed by atoms with Crippen LogP contribution in [0.15, 0.2) is 29.4 Å².